The maximum absolute atomic E-state index is 9.66. The molecule has 11 heavy (non-hydrogen) atoms. The van der Waals surface area contributed by atoms with Crippen LogP contribution in [-0.4, -0.2) is 13.8 Å². The van der Waals surface area contributed by atoms with Crippen LogP contribution in [0.5, 0.6) is 0 Å². The Balaban J connectivity index is 2.61. The molecule has 0 saturated carbocycles. The third-order valence-electron chi connectivity index (χ3n) is 1.75. The Kier molecular flexibility index (Phi) is 3.33. The first-order valence-corrected chi connectivity index (χ1v) is 5.98. The summed E-state index contributed by atoms with van der Waals surface area (Å²) in [5, 5.41) is 1.16. The molecule has 1 N–H and O–H groups in total. The molecule has 60 valence electrons. The van der Waals surface area contributed by atoms with Crippen LogP contribution in [0.1, 0.15) is 13.3 Å². The van der Waals surface area contributed by atoms with E-state index >= 15 is 0 Å². The molecule has 0 heterocycles. The molecule has 0 amide bonds. The summed E-state index contributed by atoms with van der Waals surface area (Å²) in [6.45, 7) is 2.11. The van der Waals surface area contributed by atoms with Crippen molar-refractivity contribution in [1.29, 1.82) is 0 Å². The van der Waals surface area contributed by atoms with Crippen molar-refractivity contribution < 1.29 is 4.80 Å². The van der Waals surface area contributed by atoms with Gasteiger partial charge in [0, 0.05) is 0 Å². The molecule has 0 saturated heterocycles. The summed E-state index contributed by atoms with van der Waals surface area (Å²) in [6.07, 6.45) is 1.09. The minimum atomic E-state index is -1.56. The molecule has 0 aromatic heterocycles. The first kappa shape index (κ1) is 8.49. The molecule has 1 atom stereocenters. The van der Waals surface area contributed by atoms with Crippen LogP contribution in [-0.2, 0) is 0 Å². The van der Waals surface area contributed by atoms with E-state index in [1.54, 1.807) is 0 Å². The highest BCUT2D eigenvalue weighted by molar-refractivity contribution is 6.66. The molecule has 0 aliphatic rings. The maximum Gasteiger partial charge on any atom is 0.204 e. The van der Waals surface area contributed by atoms with Crippen molar-refractivity contribution in [3.63, 3.8) is 0 Å². The fraction of sp³-hybridized carbons (Fsp3) is 0.333. The standard InChI is InChI=1S/C9H14OSi/c1-2-8-11(10)9-6-4-3-5-7-9/h3-7,10-11H,2,8H2,1H3. The second-order valence-corrected chi connectivity index (χ2v) is 4.99. The average Bonchev–Trinajstić information content (AvgIpc) is 2.07. The topological polar surface area (TPSA) is 20.2 Å². The summed E-state index contributed by atoms with van der Waals surface area (Å²) in [6, 6.07) is 11.0. The largest absolute Gasteiger partial charge is 0.430 e. The summed E-state index contributed by atoms with van der Waals surface area (Å²) < 4.78 is 0. The molecule has 0 fully saturated rings. The Morgan fingerprint density at radius 2 is 1.91 bits per heavy atom. The van der Waals surface area contributed by atoms with Crippen molar-refractivity contribution in [1.82, 2.24) is 0 Å². The normalized spacial score (nSPS) is 12.9. The van der Waals surface area contributed by atoms with Gasteiger partial charge < -0.3 is 4.80 Å². The lowest BCUT2D eigenvalue weighted by Crippen LogP contribution is -2.28. The number of benzene rings is 1. The number of hydrogen-bond acceptors (Lipinski definition) is 1. The Hall–Kier alpha value is -0.603. The molecule has 0 bridgehead atoms. The monoisotopic (exact) mass is 166 g/mol. The Morgan fingerprint density at radius 1 is 1.27 bits per heavy atom. The van der Waals surface area contributed by atoms with Gasteiger partial charge in [0.05, 0.1) is 0 Å². The molecular weight excluding hydrogens is 152 g/mol. The van der Waals surface area contributed by atoms with Crippen molar-refractivity contribution in [2.75, 3.05) is 0 Å². The van der Waals surface area contributed by atoms with Crippen molar-refractivity contribution >= 4 is 14.2 Å². The van der Waals surface area contributed by atoms with Gasteiger partial charge in [0.15, 0.2) is 0 Å². The fourth-order valence-electron chi connectivity index (χ4n) is 1.12. The summed E-state index contributed by atoms with van der Waals surface area (Å²) >= 11 is 0. The predicted molar refractivity (Wildman–Crippen MR) is 50.5 cm³/mol. The first-order valence-electron chi connectivity index (χ1n) is 4.07. The van der Waals surface area contributed by atoms with Gasteiger partial charge in [-0.3, -0.25) is 0 Å². The molecule has 1 unspecified atom stereocenters. The predicted octanol–water partition coefficient (Wildman–Crippen LogP) is 1.02. The third-order valence-corrected chi connectivity index (χ3v) is 4.03. The van der Waals surface area contributed by atoms with E-state index in [4.69, 9.17) is 0 Å². The molecule has 1 nitrogen and oxygen atoms in total. The molecule has 0 radical (unpaired) electrons. The minimum absolute atomic E-state index is 0.990. The smallest absolute Gasteiger partial charge is 0.204 e. The van der Waals surface area contributed by atoms with Gasteiger partial charge >= 0.3 is 0 Å². The summed E-state index contributed by atoms with van der Waals surface area (Å²) in [5.74, 6) is 0. The van der Waals surface area contributed by atoms with E-state index in [0.717, 1.165) is 17.7 Å². The Morgan fingerprint density at radius 3 is 2.45 bits per heavy atom. The number of hydrogen-bond donors (Lipinski definition) is 1. The van der Waals surface area contributed by atoms with E-state index in [2.05, 4.69) is 6.92 Å². The van der Waals surface area contributed by atoms with E-state index < -0.39 is 9.04 Å². The molecular formula is C9H14OSi. The van der Waals surface area contributed by atoms with E-state index in [-0.39, 0.29) is 0 Å². The second-order valence-electron chi connectivity index (χ2n) is 2.72. The van der Waals surface area contributed by atoms with Crippen LogP contribution in [0.25, 0.3) is 0 Å². The number of rotatable bonds is 3. The van der Waals surface area contributed by atoms with Gasteiger partial charge in [0.2, 0.25) is 9.04 Å². The zero-order valence-electron chi connectivity index (χ0n) is 6.83. The Bertz CT molecular complexity index is 198. The molecule has 1 rings (SSSR count). The van der Waals surface area contributed by atoms with Crippen LogP contribution in [0.3, 0.4) is 0 Å². The van der Waals surface area contributed by atoms with E-state index in [9.17, 15) is 4.80 Å². The van der Waals surface area contributed by atoms with E-state index in [1.165, 1.54) is 0 Å². The van der Waals surface area contributed by atoms with Crippen molar-refractivity contribution in [2.24, 2.45) is 0 Å². The van der Waals surface area contributed by atoms with Crippen LogP contribution in [0.2, 0.25) is 6.04 Å². The quantitative estimate of drug-likeness (QED) is 0.665. The summed E-state index contributed by atoms with van der Waals surface area (Å²) in [7, 11) is -1.56. The first-order chi connectivity index (χ1) is 5.34. The fourth-order valence-corrected chi connectivity index (χ4v) is 2.66. The van der Waals surface area contributed by atoms with E-state index in [1.807, 2.05) is 30.3 Å². The van der Waals surface area contributed by atoms with Crippen LogP contribution >= 0.6 is 0 Å². The van der Waals surface area contributed by atoms with Crippen molar-refractivity contribution in [2.45, 2.75) is 19.4 Å². The maximum atomic E-state index is 9.66. The zero-order chi connectivity index (χ0) is 8.10. The molecule has 2 heteroatoms. The van der Waals surface area contributed by atoms with Crippen LogP contribution < -0.4 is 5.19 Å². The molecule has 1 aromatic rings. The molecule has 0 aliphatic heterocycles. The van der Waals surface area contributed by atoms with Gasteiger partial charge in [-0.25, -0.2) is 0 Å². The highest BCUT2D eigenvalue weighted by atomic mass is 28.3. The zero-order valence-corrected chi connectivity index (χ0v) is 7.98. The molecule has 0 spiro atoms. The lowest BCUT2D eigenvalue weighted by molar-refractivity contribution is 0.581. The van der Waals surface area contributed by atoms with E-state index in [0.29, 0.717) is 0 Å². The summed E-state index contributed by atoms with van der Waals surface area (Å²) in [5.41, 5.74) is 0. The van der Waals surface area contributed by atoms with Gasteiger partial charge in [-0.2, -0.15) is 0 Å². The summed E-state index contributed by atoms with van der Waals surface area (Å²) in [4.78, 5) is 9.66. The third kappa shape index (κ3) is 2.48. The highest BCUT2D eigenvalue weighted by Gasteiger charge is 2.06. The molecule has 1 aromatic carbocycles. The van der Waals surface area contributed by atoms with Crippen molar-refractivity contribution in [3.8, 4) is 0 Å². The van der Waals surface area contributed by atoms with Crippen molar-refractivity contribution in [3.05, 3.63) is 30.3 Å². The lowest BCUT2D eigenvalue weighted by atomic mass is 10.4. The van der Waals surface area contributed by atoms with Gasteiger partial charge in [0.25, 0.3) is 0 Å². The van der Waals surface area contributed by atoms with Gasteiger partial charge in [-0.05, 0) is 11.2 Å². The van der Waals surface area contributed by atoms with Gasteiger partial charge in [0.1, 0.15) is 0 Å². The van der Waals surface area contributed by atoms with Gasteiger partial charge in [-0.1, -0.05) is 43.7 Å². The average molecular weight is 166 g/mol. The minimum Gasteiger partial charge on any atom is -0.430 e. The molecule has 0 aliphatic carbocycles. The van der Waals surface area contributed by atoms with Gasteiger partial charge in [-0.15, -0.1) is 0 Å². The highest BCUT2D eigenvalue weighted by Crippen LogP contribution is 1.94. The lowest BCUT2D eigenvalue weighted by Gasteiger charge is -2.05. The van der Waals surface area contributed by atoms with Crippen LogP contribution in [0.4, 0.5) is 0 Å². The van der Waals surface area contributed by atoms with Crippen LogP contribution in [0.15, 0.2) is 30.3 Å². The van der Waals surface area contributed by atoms with Crippen LogP contribution in [0, 0.1) is 0 Å². The Labute approximate surface area is 69.4 Å². The second kappa shape index (κ2) is 4.31. The SMILES string of the molecule is CCC[SiH](O)c1ccccc1.